The molecule has 0 fully saturated rings. The van der Waals surface area contributed by atoms with Crippen molar-refractivity contribution in [1.29, 1.82) is 0 Å². The molecule has 0 aliphatic rings. The van der Waals surface area contributed by atoms with E-state index in [0.29, 0.717) is 0 Å². The van der Waals surface area contributed by atoms with Gasteiger partial charge in [0.2, 0.25) is 0 Å². The van der Waals surface area contributed by atoms with Gasteiger partial charge in [0.15, 0.2) is 0 Å². The first-order valence-corrected chi connectivity index (χ1v) is 6.88. The number of benzene rings is 2. The Bertz CT molecular complexity index is 462. The van der Waals surface area contributed by atoms with Gasteiger partial charge in [0.25, 0.3) is 0 Å². The summed E-state index contributed by atoms with van der Waals surface area (Å²) in [7, 11) is 0. The van der Waals surface area contributed by atoms with Crippen molar-refractivity contribution in [2.45, 2.75) is 45.4 Å². The van der Waals surface area contributed by atoms with Gasteiger partial charge in [-0.1, -0.05) is 75.1 Å². The van der Waals surface area contributed by atoms with E-state index in [1.165, 1.54) is 54.9 Å². The summed E-state index contributed by atoms with van der Waals surface area (Å²) in [5.41, 5.74) is 1.51. The summed E-state index contributed by atoms with van der Waals surface area (Å²) in [4.78, 5) is 0. The molecule has 1 heteroatoms. The van der Waals surface area contributed by atoms with Gasteiger partial charge in [-0.2, -0.15) is 0 Å². The van der Waals surface area contributed by atoms with Crippen molar-refractivity contribution in [2.24, 2.45) is 0 Å². The summed E-state index contributed by atoms with van der Waals surface area (Å²) in [6.07, 6.45) is 8.03. The van der Waals surface area contributed by atoms with Gasteiger partial charge in [-0.15, -0.1) is 0 Å². The maximum Gasteiger partial charge on any atom is 1.00 e. The van der Waals surface area contributed by atoms with Crippen LogP contribution in [0.3, 0.4) is 0 Å². The average molecular weight is 250 g/mol. The van der Waals surface area contributed by atoms with E-state index in [1.54, 1.807) is 0 Å². The van der Waals surface area contributed by atoms with Crippen molar-refractivity contribution in [3.05, 3.63) is 48.0 Å². The fourth-order valence-corrected chi connectivity index (χ4v) is 2.43. The van der Waals surface area contributed by atoms with E-state index in [9.17, 15) is 0 Å². The van der Waals surface area contributed by atoms with Crippen molar-refractivity contribution in [2.75, 3.05) is 0 Å². The number of hydrogen-bond acceptors (Lipinski definition) is 0. The van der Waals surface area contributed by atoms with Crippen molar-refractivity contribution < 1.29 is 31.0 Å². The normalized spacial score (nSPS) is 10.3. The number of unbranched alkanes of at least 4 members (excludes halogenated alkanes) is 4. The Labute approximate surface area is 135 Å². The topological polar surface area (TPSA) is 0 Å². The number of rotatable bonds is 6. The van der Waals surface area contributed by atoms with E-state index < -0.39 is 0 Å². The molecule has 92 valence electrons. The predicted octanol–water partition coefficient (Wildman–Crippen LogP) is 2.47. The Morgan fingerprint density at radius 1 is 0.833 bits per heavy atom. The molecule has 0 aliphatic heterocycles. The van der Waals surface area contributed by atoms with Gasteiger partial charge in [0, 0.05) is 0 Å². The van der Waals surface area contributed by atoms with Gasteiger partial charge < -0.3 is 1.43 Å². The van der Waals surface area contributed by atoms with Crippen LogP contribution >= 0.6 is 0 Å². The summed E-state index contributed by atoms with van der Waals surface area (Å²) in [6, 6.07) is 15.4. The van der Waals surface area contributed by atoms with Gasteiger partial charge in [0.1, 0.15) is 0 Å². The molecule has 0 saturated heterocycles. The van der Waals surface area contributed by atoms with Gasteiger partial charge in [0.05, 0.1) is 0 Å². The molecular weight excluding hydrogens is 227 g/mol. The Morgan fingerprint density at radius 2 is 1.56 bits per heavy atom. The molecule has 0 unspecified atom stereocenters. The van der Waals surface area contributed by atoms with Crippen molar-refractivity contribution >= 4 is 10.8 Å². The molecule has 2 rings (SSSR count). The molecule has 0 aromatic heterocycles. The summed E-state index contributed by atoms with van der Waals surface area (Å²) in [5, 5.41) is 2.81. The molecule has 0 amide bonds. The molecule has 0 bridgehead atoms. The van der Waals surface area contributed by atoms with Gasteiger partial charge in [-0.05, 0) is 29.2 Å². The maximum atomic E-state index is 2.28. The first-order chi connectivity index (χ1) is 8.42. The van der Waals surface area contributed by atoms with Crippen LogP contribution < -0.4 is 29.6 Å². The molecule has 2 aromatic rings. The second-order valence-electron chi connectivity index (χ2n) is 4.80. The summed E-state index contributed by atoms with van der Waals surface area (Å²) < 4.78 is 0. The predicted molar refractivity (Wildman–Crippen MR) is 77.5 cm³/mol. The maximum absolute atomic E-state index is 2.28. The quantitative estimate of drug-likeness (QED) is 0.546. The molecule has 0 atom stereocenters. The first kappa shape index (κ1) is 15.8. The van der Waals surface area contributed by atoms with Crippen LogP contribution in [0.25, 0.3) is 10.8 Å². The van der Waals surface area contributed by atoms with Crippen LogP contribution in [0.1, 0.15) is 46.0 Å². The van der Waals surface area contributed by atoms with Crippen LogP contribution in [0, 0.1) is 0 Å². The fourth-order valence-electron chi connectivity index (χ4n) is 2.43. The van der Waals surface area contributed by atoms with Crippen molar-refractivity contribution in [3.8, 4) is 0 Å². The zero-order valence-corrected chi connectivity index (χ0v) is 13.8. The van der Waals surface area contributed by atoms with Gasteiger partial charge in [-0.3, -0.25) is 0 Å². The van der Waals surface area contributed by atoms with Crippen LogP contribution in [-0.2, 0) is 6.42 Å². The van der Waals surface area contributed by atoms with Gasteiger partial charge >= 0.3 is 29.6 Å². The summed E-state index contributed by atoms with van der Waals surface area (Å²) >= 11 is 0. The molecule has 0 nitrogen and oxygen atoms in total. The first-order valence-electron chi connectivity index (χ1n) is 6.88. The van der Waals surface area contributed by atoms with Crippen molar-refractivity contribution in [3.63, 3.8) is 0 Å². The zero-order chi connectivity index (χ0) is 11.9. The molecule has 0 radical (unpaired) electrons. The molecule has 0 spiro atoms. The molecule has 0 heterocycles. The monoisotopic (exact) mass is 250 g/mol. The van der Waals surface area contributed by atoms with Crippen LogP contribution in [-0.4, -0.2) is 0 Å². The Kier molecular flexibility index (Phi) is 7.65. The SMILES string of the molecule is CCCCCCCc1cccc2ccccc12.[H-].[Na+]. The number of aryl methyl sites for hydroxylation is 1. The minimum Gasteiger partial charge on any atom is -1.00 e. The van der Waals surface area contributed by atoms with Crippen LogP contribution in [0.15, 0.2) is 42.5 Å². The third-order valence-electron chi connectivity index (χ3n) is 3.43. The Hall–Kier alpha value is -0.300. The number of hydrogen-bond donors (Lipinski definition) is 0. The molecule has 2 aromatic carbocycles. The van der Waals surface area contributed by atoms with E-state index in [4.69, 9.17) is 0 Å². The van der Waals surface area contributed by atoms with Crippen LogP contribution in [0.4, 0.5) is 0 Å². The van der Waals surface area contributed by atoms with E-state index in [0.717, 1.165) is 0 Å². The average Bonchev–Trinajstić information content (AvgIpc) is 2.39. The minimum absolute atomic E-state index is 0. The Balaban J connectivity index is 0.00000162. The van der Waals surface area contributed by atoms with E-state index in [2.05, 4.69) is 49.4 Å². The van der Waals surface area contributed by atoms with E-state index in [1.807, 2.05) is 0 Å². The Morgan fingerprint density at radius 3 is 2.39 bits per heavy atom. The molecule has 0 saturated carbocycles. The van der Waals surface area contributed by atoms with E-state index in [-0.39, 0.29) is 31.0 Å². The second kappa shape index (κ2) is 8.74. The number of fused-ring (bicyclic) bond motifs is 1. The summed E-state index contributed by atoms with van der Waals surface area (Å²) in [5.74, 6) is 0. The molecular formula is C17H23Na. The second-order valence-corrected chi connectivity index (χ2v) is 4.80. The van der Waals surface area contributed by atoms with Crippen LogP contribution in [0.2, 0.25) is 0 Å². The largest absolute Gasteiger partial charge is 1.00 e. The van der Waals surface area contributed by atoms with Crippen molar-refractivity contribution in [1.82, 2.24) is 0 Å². The smallest absolute Gasteiger partial charge is 1.00 e. The third kappa shape index (κ3) is 4.42. The summed E-state index contributed by atoms with van der Waals surface area (Å²) in [6.45, 7) is 2.27. The standard InChI is InChI=1S/C17H22.Na.H/c1-2-3-4-5-6-10-15-12-9-13-16-11-7-8-14-17(15)16;;/h7-9,11-14H,2-6,10H2,1H3;;/q;+1;-1. The zero-order valence-electron chi connectivity index (χ0n) is 12.8. The van der Waals surface area contributed by atoms with E-state index >= 15 is 0 Å². The fraction of sp³-hybridized carbons (Fsp3) is 0.412. The van der Waals surface area contributed by atoms with Gasteiger partial charge in [-0.25, -0.2) is 0 Å². The minimum atomic E-state index is 0. The van der Waals surface area contributed by atoms with Crippen LogP contribution in [0.5, 0.6) is 0 Å². The molecule has 0 aliphatic carbocycles. The third-order valence-corrected chi connectivity index (χ3v) is 3.43. The molecule has 18 heavy (non-hydrogen) atoms. The molecule has 0 N–H and O–H groups in total.